The van der Waals surface area contributed by atoms with Gasteiger partial charge in [0, 0.05) is 18.8 Å². The summed E-state index contributed by atoms with van der Waals surface area (Å²) in [5, 5.41) is 0. The summed E-state index contributed by atoms with van der Waals surface area (Å²) in [6.07, 6.45) is 10.8. The molecule has 3 nitrogen and oxygen atoms in total. The van der Waals surface area contributed by atoms with Gasteiger partial charge in [-0.2, -0.15) is 0 Å². The van der Waals surface area contributed by atoms with E-state index < -0.39 is 0 Å². The van der Waals surface area contributed by atoms with Crippen LogP contribution in [0.5, 0.6) is 0 Å². The van der Waals surface area contributed by atoms with Crippen molar-refractivity contribution in [2.75, 3.05) is 0 Å². The molecule has 0 N–H and O–H groups in total. The van der Waals surface area contributed by atoms with E-state index >= 15 is 0 Å². The van der Waals surface area contributed by atoms with Gasteiger partial charge in [0.1, 0.15) is 11.9 Å². The second-order valence-electron chi connectivity index (χ2n) is 9.13. The third-order valence-electron chi connectivity index (χ3n) is 8.10. The van der Waals surface area contributed by atoms with E-state index in [1.807, 2.05) is 0 Å². The molecule has 0 aliphatic heterocycles. The van der Waals surface area contributed by atoms with Gasteiger partial charge in [-0.05, 0) is 74.2 Å². The largest absolute Gasteiger partial charge is 0.458 e. The smallest absolute Gasteiger partial charge is 0.303 e. The minimum absolute atomic E-state index is 0.0240. The van der Waals surface area contributed by atoms with Crippen molar-refractivity contribution in [3.63, 3.8) is 0 Å². The molecule has 6 unspecified atom stereocenters. The van der Waals surface area contributed by atoms with E-state index in [1.165, 1.54) is 25.3 Å². The number of fused-ring (bicyclic) bond motifs is 5. The summed E-state index contributed by atoms with van der Waals surface area (Å²) in [4.78, 5) is 23.7. The minimum atomic E-state index is -0.174. The first-order chi connectivity index (χ1) is 11.3. The van der Waals surface area contributed by atoms with Crippen molar-refractivity contribution in [1.82, 2.24) is 0 Å². The van der Waals surface area contributed by atoms with E-state index in [1.54, 1.807) is 0 Å². The first-order valence-corrected chi connectivity index (χ1v) is 9.76. The van der Waals surface area contributed by atoms with Crippen molar-refractivity contribution in [3.05, 3.63) is 11.6 Å². The Bertz CT molecular complexity index is 606. The van der Waals surface area contributed by atoms with Crippen LogP contribution in [0.4, 0.5) is 0 Å². The maximum Gasteiger partial charge on any atom is 0.303 e. The topological polar surface area (TPSA) is 43.4 Å². The van der Waals surface area contributed by atoms with Crippen LogP contribution in [-0.2, 0) is 14.3 Å². The molecule has 4 rings (SSSR count). The molecule has 0 amide bonds. The minimum Gasteiger partial charge on any atom is -0.458 e. The van der Waals surface area contributed by atoms with Crippen LogP contribution in [-0.4, -0.2) is 17.9 Å². The van der Waals surface area contributed by atoms with Gasteiger partial charge in [-0.1, -0.05) is 19.4 Å². The first-order valence-electron chi connectivity index (χ1n) is 9.76. The maximum atomic E-state index is 12.5. The number of rotatable bonds is 1. The number of ether oxygens (including phenoxy) is 1. The molecule has 0 radical (unpaired) electrons. The summed E-state index contributed by atoms with van der Waals surface area (Å²) in [7, 11) is 0. The Labute approximate surface area is 145 Å². The lowest BCUT2D eigenvalue weighted by atomic mass is 9.47. The number of ketones is 1. The zero-order chi connectivity index (χ0) is 17.1. The molecule has 24 heavy (non-hydrogen) atoms. The Morgan fingerprint density at radius 1 is 1.04 bits per heavy atom. The molecule has 0 spiro atoms. The van der Waals surface area contributed by atoms with E-state index in [4.69, 9.17) is 4.74 Å². The average Bonchev–Trinajstić information content (AvgIpc) is 2.83. The van der Waals surface area contributed by atoms with Crippen LogP contribution in [0.3, 0.4) is 0 Å². The molecule has 3 heteroatoms. The number of allylic oxidation sites excluding steroid dienone is 1. The summed E-state index contributed by atoms with van der Waals surface area (Å²) in [5.74, 6) is 2.37. The zero-order valence-corrected chi connectivity index (χ0v) is 15.3. The molecule has 0 aromatic heterocycles. The summed E-state index contributed by atoms with van der Waals surface area (Å²) in [6.45, 7) is 6.19. The van der Waals surface area contributed by atoms with Gasteiger partial charge in [-0.3, -0.25) is 9.59 Å². The molecular weight excluding hydrogens is 300 g/mol. The van der Waals surface area contributed by atoms with Gasteiger partial charge in [0.05, 0.1) is 0 Å². The van der Waals surface area contributed by atoms with Crippen LogP contribution < -0.4 is 0 Å². The summed E-state index contributed by atoms with van der Waals surface area (Å²) < 4.78 is 5.46. The van der Waals surface area contributed by atoms with E-state index in [2.05, 4.69) is 19.9 Å². The number of hydrogen-bond donors (Lipinski definition) is 0. The molecule has 6 atom stereocenters. The zero-order valence-electron chi connectivity index (χ0n) is 15.3. The lowest BCUT2D eigenvalue weighted by molar-refractivity contribution is -0.145. The molecule has 0 saturated heterocycles. The predicted octanol–water partition coefficient (Wildman–Crippen LogP) is 4.45. The highest BCUT2D eigenvalue weighted by atomic mass is 16.5. The molecule has 3 saturated carbocycles. The van der Waals surface area contributed by atoms with Crippen LogP contribution >= 0.6 is 0 Å². The number of hydrogen-bond acceptors (Lipinski definition) is 3. The van der Waals surface area contributed by atoms with Crippen molar-refractivity contribution in [2.24, 2.45) is 28.6 Å². The van der Waals surface area contributed by atoms with Gasteiger partial charge in [-0.25, -0.2) is 0 Å². The van der Waals surface area contributed by atoms with Crippen molar-refractivity contribution in [3.8, 4) is 0 Å². The standard InChI is InChI=1S/C21H30O3/c1-13(22)24-15-8-10-20(2)14(12-15)4-5-16-17-6-7-19(23)21(17,3)11-9-18(16)20/h12,15-18H,4-11H2,1-3H3. The van der Waals surface area contributed by atoms with Crippen LogP contribution in [0, 0.1) is 28.6 Å². The van der Waals surface area contributed by atoms with Gasteiger partial charge in [-0.15, -0.1) is 0 Å². The Morgan fingerprint density at radius 3 is 2.50 bits per heavy atom. The molecule has 0 aromatic carbocycles. The van der Waals surface area contributed by atoms with Crippen molar-refractivity contribution in [2.45, 2.75) is 78.2 Å². The van der Waals surface area contributed by atoms with E-state index in [-0.39, 0.29) is 22.9 Å². The molecule has 0 bridgehead atoms. The van der Waals surface area contributed by atoms with Gasteiger partial charge < -0.3 is 4.74 Å². The quantitative estimate of drug-likeness (QED) is 0.527. The third-order valence-corrected chi connectivity index (χ3v) is 8.10. The number of Topliss-reactive ketones (excluding diaryl/α,β-unsaturated/α-hetero) is 1. The van der Waals surface area contributed by atoms with Crippen molar-refractivity contribution in [1.29, 1.82) is 0 Å². The number of carbonyl (C=O) groups is 2. The summed E-state index contributed by atoms with van der Waals surface area (Å²) >= 11 is 0. The lowest BCUT2D eigenvalue weighted by Crippen LogP contribution is -2.50. The molecule has 4 aliphatic rings. The van der Waals surface area contributed by atoms with Gasteiger partial charge in [0.15, 0.2) is 0 Å². The Kier molecular flexibility index (Phi) is 3.71. The Morgan fingerprint density at radius 2 is 1.75 bits per heavy atom. The fourth-order valence-electron chi connectivity index (χ4n) is 6.77. The second kappa shape index (κ2) is 5.44. The molecular formula is C21H30O3. The van der Waals surface area contributed by atoms with Crippen molar-refractivity contribution >= 4 is 11.8 Å². The molecule has 132 valence electrons. The fraction of sp³-hybridized carbons (Fsp3) is 0.810. The normalized spacial score (nSPS) is 47.3. The Hall–Kier alpha value is -1.12. The maximum absolute atomic E-state index is 12.5. The highest BCUT2D eigenvalue weighted by Crippen LogP contribution is 2.64. The monoisotopic (exact) mass is 330 g/mol. The highest BCUT2D eigenvalue weighted by Gasteiger charge is 2.58. The van der Waals surface area contributed by atoms with Crippen LogP contribution in [0.2, 0.25) is 0 Å². The highest BCUT2D eigenvalue weighted by molar-refractivity contribution is 5.87. The van der Waals surface area contributed by atoms with E-state index in [0.29, 0.717) is 23.5 Å². The second-order valence-corrected chi connectivity index (χ2v) is 9.13. The van der Waals surface area contributed by atoms with E-state index in [0.717, 1.165) is 38.5 Å². The third kappa shape index (κ3) is 2.23. The SMILES string of the molecule is CC(=O)OC1C=C2CCC3C4CCC(=O)C4(C)CCC3C2(C)CC1. The van der Waals surface area contributed by atoms with Gasteiger partial charge >= 0.3 is 5.97 Å². The molecule has 0 aromatic rings. The van der Waals surface area contributed by atoms with Gasteiger partial charge in [0.2, 0.25) is 0 Å². The Balaban J connectivity index is 1.61. The molecule has 4 aliphatic carbocycles. The van der Waals surface area contributed by atoms with E-state index in [9.17, 15) is 9.59 Å². The number of carbonyl (C=O) groups excluding carboxylic acids is 2. The lowest BCUT2D eigenvalue weighted by Gasteiger charge is -2.57. The molecule has 3 fully saturated rings. The average molecular weight is 330 g/mol. The van der Waals surface area contributed by atoms with Crippen LogP contribution in [0.1, 0.15) is 72.1 Å². The van der Waals surface area contributed by atoms with Crippen molar-refractivity contribution < 1.29 is 14.3 Å². The summed E-state index contributed by atoms with van der Waals surface area (Å²) in [5.41, 5.74) is 1.74. The molecule has 0 heterocycles. The number of esters is 1. The first kappa shape index (κ1) is 16.4. The van der Waals surface area contributed by atoms with Crippen LogP contribution in [0.15, 0.2) is 11.6 Å². The van der Waals surface area contributed by atoms with Gasteiger partial charge in [0.25, 0.3) is 0 Å². The predicted molar refractivity (Wildman–Crippen MR) is 92.3 cm³/mol. The fourth-order valence-corrected chi connectivity index (χ4v) is 6.77. The van der Waals surface area contributed by atoms with Crippen LogP contribution in [0.25, 0.3) is 0 Å². The summed E-state index contributed by atoms with van der Waals surface area (Å²) in [6, 6.07) is 0.